The number of piperidine rings is 1. The standard InChI is InChI=1S/C27H32N4O4/c1-3-34-26(32)21-12-14-31(15-13-21)16-17-35-25-10-6-23(7-11-25)30-27-28-18-22(19-29-27)20-4-8-24(33-2)9-5-20/h4-11,18-19,21H,3,12-17H2,1-2H3,(H,28,29,30). The van der Waals surface area contributed by atoms with Crippen molar-refractivity contribution in [1.29, 1.82) is 0 Å². The van der Waals surface area contributed by atoms with Crippen LogP contribution in [0.5, 0.6) is 11.5 Å². The Bertz CT molecular complexity index is 1060. The van der Waals surface area contributed by atoms with Gasteiger partial charge in [0, 0.05) is 30.2 Å². The first-order valence-electron chi connectivity index (χ1n) is 12.0. The van der Waals surface area contributed by atoms with Crippen molar-refractivity contribution < 1.29 is 19.0 Å². The third-order valence-corrected chi connectivity index (χ3v) is 6.07. The van der Waals surface area contributed by atoms with Crippen LogP contribution in [0.15, 0.2) is 60.9 Å². The molecule has 1 fully saturated rings. The maximum atomic E-state index is 11.9. The van der Waals surface area contributed by atoms with E-state index >= 15 is 0 Å². The van der Waals surface area contributed by atoms with Gasteiger partial charge in [-0.2, -0.15) is 0 Å². The van der Waals surface area contributed by atoms with E-state index in [2.05, 4.69) is 20.2 Å². The van der Waals surface area contributed by atoms with Crippen LogP contribution in [0.1, 0.15) is 19.8 Å². The molecule has 1 aliphatic heterocycles. The van der Waals surface area contributed by atoms with Crippen molar-refractivity contribution in [3.8, 4) is 22.6 Å². The minimum atomic E-state index is -0.0596. The maximum absolute atomic E-state index is 11.9. The number of hydrogen-bond acceptors (Lipinski definition) is 8. The second-order valence-corrected chi connectivity index (χ2v) is 8.39. The van der Waals surface area contributed by atoms with Crippen LogP contribution in [0.2, 0.25) is 0 Å². The van der Waals surface area contributed by atoms with Gasteiger partial charge < -0.3 is 19.5 Å². The summed E-state index contributed by atoms with van der Waals surface area (Å²) in [7, 11) is 1.65. The van der Waals surface area contributed by atoms with Gasteiger partial charge in [0.15, 0.2) is 0 Å². The normalized spacial score (nSPS) is 14.3. The zero-order chi connectivity index (χ0) is 24.5. The van der Waals surface area contributed by atoms with Gasteiger partial charge in [0.2, 0.25) is 5.95 Å². The van der Waals surface area contributed by atoms with Gasteiger partial charge in [-0.1, -0.05) is 12.1 Å². The summed E-state index contributed by atoms with van der Waals surface area (Å²) in [6, 6.07) is 15.5. The number of hydrogen-bond donors (Lipinski definition) is 1. The van der Waals surface area contributed by atoms with Crippen molar-refractivity contribution in [2.24, 2.45) is 5.92 Å². The van der Waals surface area contributed by atoms with E-state index in [9.17, 15) is 4.79 Å². The number of benzene rings is 2. The molecule has 2 heterocycles. The van der Waals surface area contributed by atoms with Gasteiger partial charge >= 0.3 is 5.97 Å². The molecule has 35 heavy (non-hydrogen) atoms. The van der Waals surface area contributed by atoms with Crippen molar-refractivity contribution in [3.63, 3.8) is 0 Å². The molecule has 0 bridgehead atoms. The molecule has 1 aliphatic rings. The van der Waals surface area contributed by atoms with Crippen molar-refractivity contribution in [3.05, 3.63) is 60.9 Å². The number of anilines is 2. The largest absolute Gasteiger partial charge is 0.497 e. The first-order chi connectivity index (χ1) is 17.1. The SMILES string of the molecule is CCOC(=O)C1CCN(CCOc2ccc(Nc3ncc(-c4ccc(OC)cc4)cn3)cc2)CC1. The number of ether oxygens (including phenoxy) is 3. The number of nitrogens with one attached hydrogen (secondary N) is 1. The van der Waals surface area contributed by atoms with E-state index in [1.54, 1.807) is 19.5 Å². The summed E-state index contributed by atoms with van der Waals surface area (Å²) < 4.78 is 16.2. The number of rotatable bonds is 10. The van der Waals surface area contributed by atoms with Gasteiger partial charge in [0.05, 0.1) is 19.6 Å². The summed E-state index contributed by atoms with van der Waals surface area (Å²) in [4.78, 5) is 23.0. The van der Waals surface area contributed by atoms with Crippen molar-refractivity contribution in [2.45, 2.75) is 19.8 Å². The van der Waals surface area contributed by atoms with Crippen molar-refractivity contribution in [1.82, 2.24) is 14.9 Å². The molecule has 4 rings (SSSR count). The van der Waals surface area contributed by atoms with Gasteiger partial charge in [-0.25, -0.2) is 9.97 Å². The molecule has 0 atom stereocenters. The number of aromatic nitrogens is 2. The first kappa shape index (κ1) is 24.5. The summed E-state index contributed by atoms with van der Waals surface area (Å²) in [5, 5.41) is 3.21. The molecule has 2 aromatic carbocycles. The summed E-state index contributed by atoms with van der Waals surface area (Å²) in [5.74, 6) is 2.14. The topological polar surface area (TPSA) is 85.8 Å². The quantitative estimate of drug-likeness (QED) is 0.427. The molecule has 8 nitrogen and oxygen atoms in total. The molecule has 184 valence electrons. The van der Waals surface area contributed by atoms with Crippen molar-refractivity contribution in [2.75, 3.05) is 45.3 Å². The Hall–Kier alpha value is -3.65. The molecule has 0 unspecified atom stereocenters. The first-order valence-corrected chi connectivity index (χ1v) is 12.0. The Morgan fingerprint density at radius 3 is 2.26 bits per heavy atom. The van der Waals surface area contributed by atoms with E-state index < -0.39 is 0 Å². The maximum Gasteiger partial charge on any atom is 0.309 e. The Morgan fingerprint density at radius 2 is 1.63 bits per heavy atom. The summed E-state index contributed by atoms with van der Waals surface area (Å²) in [6.45, 7) is 5.53. The number of methoxy groups -OCH3 is 1. The van der Waals surface area contributed by atoms with Crippen LogP contribution in [0, 0.1) is 5.92 Å². The number of carbonyl (C=O) groups is 1. The van der Waals surface area contributed by atoms with E-state index in [0.29, 0.717) is 19.2 Å². The molecule has 0 spiro atoms. The molecule has 8 heteroatoms. The van der Waals surface area contributed by atoms with E-state index in [4.69, 9.17) is 14.2 Å². The Kier molecular flexibility index (Phi) is 8.51. The number of carbonyl (C=O) groups excluding carboxylic acids is 1. The van der Waals surface area contributed by atoms with E-state index in [1.807, 2.05) is 55.5 Å². The lowest BCUT2D eigenvalue weighted by Crippen LogP contribution is -2.39. The third-order valence-electron chi connectivity index (χ3n) is 6.07. The fourth-order valence-corrected chi connectivity index (χ4v) is 4.03. The molecular formula is C27H32N4O4. The fraction of sp³-hybridized carbons (Fsp3) is 0.370. The summed E-state index contributed by atoms with van der Waals surface area (Å²) in [6.07, 6.45) is 5.29. The highest BCUT2D eigenvalue weighted by Crippen LogP contribution is 2.23. The molecule has 0 aliphatic carbocycles. The third kappa shape index (κ3) is 6.93. The molecule has 1 aromatic heterocycles. The zero-order valence-electron chi connectivity index (χ0n) is 20.3. The highest BCUT2D eigenvalue weighted by atomic mass is 16.5. The lowest BCUT2D eigenvalue weighted by atomic mass is 9.97. The lowest BCUT2D eigenvalue weighted by Gasteiger charge is -2.30. The number of esters is 1. The Morgan fingerprint density at radius 1 is 0.971 bits per heavy atom. The van der Waals surface area contributed by atoms with Gasteiger partial charge in [0.25, 0.3) is 0 Å². The van der Waals surface area contributed by atoms with Gasteiger partial charge in [-0.15, -0.1) is 0 Å². The van der Waals surface area contributed by atoms with Gasteiger partial charge in [-0.3, -0.25) is 9.69 Å². The number of likely N-dealkylation sites (tertiary alicyclic amines) is 1. The highest BCUT2D eigenvalue weighted by molar-refractivity contribution is 5.72. The zero-order valence-corrected chi connectivity index (χ0v) is 20.3. The molecule has 3 aromatic rings. The molecule has 0 saturated carbocycles. The average Bonchev–Trinajstić information content (AvgIpc) is 2.91. The Balaban J connectivity index is 1.20. The molecule has 1 saturated heterocycles. The highest BCUT2D eigenvalue weighted by Gasteiger charge is 2.25. The predicted octanol–water partition coefficient (Wildman–Crippen LogP) is 4.55. The van der Waals surface area contributed by atoms with Crippen LogP contribution >= 0.6 is 0 Å². The molecule has 0 amide bonds. The molecule has 1 N–H and O–H groups in total. The van der Waals surface area contributed by atoms with Gasteiger partial charge in [-0.05, 0) is 74.8 Å². The summed E-state index contributed by atoms with van der Waals surface area (Å²) in [5.41, 5.74) is 2.85. The minimum Gasteiger partial charge on any atom is -0.497 e. The second kappa shape index (κ2) is 12.2. The lowest BCUT2D eigenvalue weighted by molar-refractivity contribution is -0.149. The summed E-state index contributed by atoms with van der Waals surface area (Å²) >= 11 is 0. The minimum absolute atomic E-state index is 0.0368. The van der Waals surface area contributed by atoms with Crippen molar-refractivity contribution >= 4 is 17.6 Å². The average molecular weight is 477 g/mol. The smallest absolute Gasteiger partial charge is 0.309 e. The van der Waals surface area contributed by atoms with Crippen LogP contribution in [0.3, 0.4) is 0 Å². The van der Waals surface area contributed by atoms with Crippen LogP contribution in [0.4, 0.5) is 11.6 Å². The van der Waals surface area contributed by atoms with Crippen LogP contribution in [-0.2, 0) is 9.53 Å². The van der Waals surface area contributed by atoms with E-state index in [1.165, 1.54) is 0 Å². The molecule has 0 radical (unpaired) electrons. The molecular weight excluding hydrogens is 444 g/mol. The number of nitrogens with zero attached hydrogens (tertiary/aromatic N) is 3. The van der Waals surface area contributed by atoms with Crippen LogP contribution < -0.4 is 14.8 Å². The van der Waals surface area contributed by atoms with E-state index in [0.717, 1.165) is 60.8 Å². The van der Waals surface area contributed by atoms with Gasteiger partial charge in [0.1, 0.15) is 18.1 Å². The fourth-order valence-electron chi connectivity index (χ4n) is 4.03. The van der Waals surface area contributed by atoms with Crippen LogP contribution in [-0.4, -0.2) is 60.8 Å². The predicted molar refractivity (Wildman–Crippen MR) is 135 cm³/mol. The van der Waals surface area contributed by atoms with Crippen LogP contribution in [0.25, 0.3) is 11.1 Å². The monoisotopic (exact) mass is 476 g/mol. The second-order valence-electron chi connectivity index (χ2n) is 8.39. The van der Waals surface area contributed by atoms with E-state index in [-0.39, 0.29) is 11.9 Å². The Labute approximate surface area is 206 Å².